The minimum atomic E-state index is -0.584. The SMILES string of the molecule is Cc1c(N2CC(O)CC2=O)n[nH]c1-c1cccs1. The first-order valence-electron chi connectivity index (χ1n) is 5.74. The third kappa shape index (κ3) is 1.74. The predicted octanol–water partition coefficient (Wildman–Crippen LogP) is 1.54. The Morgan fingerprint density at radius 3 is 3.06 bits per heavy atom. The molecule has 0 saturated carbocycles. The monoisotopic (exact) mass is 263 g/mol. The van der Waals surface area contributed by atoms with E-state index in [1.165, 1.54) is 0 Å². The molecular weight excluding hydrogens is 250 g/mol. The number of H-pyrrole nitrogens is 1. The standard InChI is InChI=1S/C12H13N3O2S/c1-7-11(9-3-2-4-18-9)13-14-12(7)15-6-8(16)5-10(15)17/h2-4,8,16H,5-6H2,1H3,(H,13,14). The minimum absolute atomic E-state index is 0.0742. The minimum Gasteiger partial charge on any atom is -0.391 e. The second-order valence-corrected chi connectivity index (χ2v) is 5.33. The summed E-state index contributed by atoms with van der Waals surface area (Å²) in [5.41, 5.74) is 1.88. The van der Waals surface area contributed by atoms with E-state index in [0.717, 1.165) is 16.1 Å². The average Bonchev–Trinajstić information content (AvgIpc) is 2.99. The number of aromatic nitrogens is 2. The molecule has 3 rings (SSSR count). The van der Waals surface area contributed by atoms with Gasteiger partial charge in [0.2, 0.25) is 5.91 Å². The van der Waals surface area contributed by atoms with E-state index >= 15 is 0 Å². The fourth-order valence-electron chi connectivity index (χ4n) is 2.21. The smallest absolute Gasteiger partial charge is 0.230 e. The lowest BCUT2D eigenvalue weighted by Crippen LogP contribution is -2.26. The van der Waals surface area contributed by atoms with Crippen LogP contribution in [-0.4, -0.2) is 33.9 Å². The molecule has 1 amide bonds. The van der Waals surface area contributed by atoms with Crippen LogP contribution in [0.25, 0.3) is 10.6 Å². The number of nitrogens with one attached hydrogen (secondary N) is 1. The molecule has 5 nitrogen and oxygen atoms in total. The van der Waals surface area contributed by atoms with Gasteiger partial charge in [0.1, 0.15) is 0 Å². The summed E-state index contributed by atoms with van der Waals surface area (Å²) >= 11 is 1.62. The number of anilines is 1. The number of aliphatic hydroxyl groups excluding tert-OH is 1. The summed E-state index contributed by atoms with van der Waals surface area (Å²) in [4.78, 5) is 14.4. The van der Waals surface area contributed by atoms with Crippen LogP contribution in [0.4, 0.5) is 5.82 Å². The molecule has 3 heterocycles. The largest absolute Gasteiger partial charge is 0.391 e. The molecule has 1 aliphatic heterocycles. The number of hydrogen-bond donors (Lipinski definition) is 2. The zero-order valence-corrected chi connectivity index (χ0v) is 10.7. The Kier molecular flexibility index (Phi) is 2.68. The number of rotatable bonds is 2. The molecule has 94 valence electrons. The molecule has 1 fully saturated rings. The van der Waals surface area contributed by atoms with E-state index in [4.69, 9.17) is 0 Å². The normalized spacial score (nSPS) is 19.8. The van der Waals surface area contributed by atoms with E-state index in [9.17, 15) is 9.90 Å². The van der Waals surface area contributed by atoms with Crippen LogP contribution in [0.5, 0.6) is 0 Å². The van der Waals surface area contributed by atoms with Crippen molar-refractivity contribution in [3.05, 3.63) is 23.1 Å². The zero-order chi connectivity index (χ0) is 12.7. The van der Waals surface area contributed by atoms with E-state index in [-0.39, 0.29) is 12.3 Å². The fourth-order valence-corrected chi connectivity index (χ4v) is 2.98. The number of amides is 1. The van der Waals surface area contributed by atoms with Crippen molar-refractivity contribution in [2.45, 2.75) is 19.4 Å². The first-order valence-corrected chi connectivity index (χ1v) is 6.62. The topological polar surface area (TPSA) is 69.2 Å². The zero-order valence-electron chi connectivity index (χ0n) is 9.88. The van der Waals surface area contributed by atoms with Gasteiger partial charge in [0.15, 0.2) is 5.82 Å². The summed E-state index contributed by atoms with van der Waals surface area (Å²) in [5, 5.41) is 18.7. The number of carbonyl (C=O) groups is 1. The van der Waals surface area contributed by atoms with E-state index < -0.39 is 6.10 Å². The molecule has 2 N–H and O–H groups in total. The summed E-state index contributed by atoms with van der Waals surface area (Å²) < 4.78 is 0. The Balaban J connectivity index is 1.98. The lowest BCUT2D eigenvalue weighted by Gasteiger charge is -2.13. The van der Waals surface area contributed by atoms with Gasteiger partial charge in [-0.2, -0.15) is 5.10 Å². The van der Waals surface area contributed by atoms with Crippen LogP contribution >= 0.6 is 11.3 Å². The molecule has 1 aliphatic rings. The molecule has 1 unspecified atom stereocenters. The van der Waals surface area contributed by atoms with Gasteiger partial charge in [0.05, 0.1) is 29.6 Å². The van der Waals surface area contributed by atoms with Crippen molar-refractivity contribution in [3.63, 3.8) is 0 Å². The number of aromatic amines is 1. The summed E-state index contributed by atoms with van der Waals surface area (Å²) in [6, 6.07) is 3.99. The number of aliphatic hydroxyl groups is 1. The maximum Gasteiger partial charge on any atom is 0.230 e. The van der Waals surface area contributed by atoms with Crippen molar-refractivity contribution in [1.82, 2.24) is 10.2 Å². The molecule has 2 aromatic heterocycles. The third-order valence-corrected chi connectivity index (χ3v) is 4.00. The lowest BCUT2D eigenvalue weighted by atomic mass is 10.2. The summed E-state index contributed by atoms with van der Waals surface area (Å²) in [7, 11) is 0. The van der Waals surface area contributed by atoms with Crippen molar-refractivity contribution in [2.75, 3.05) is 11.4 Å². The van der Waals surface area contributed by atoms with Gasteiger partial charge in [-0.1, -0.05) is 6.07 Å². The predicted molar refractivity (Wildman–Crippen MR) is 69.6 cm³/mol. The van der Waals surface area contributed by atoms with Crippen LogP contribution in [-0.2, 0) is 4.79 Å². The molecule has 0 radical (unpaired) electrons. The van der Waals surface area contributed by atoms with Crippen LogP contribution in [0.3, 0.4) is 0 Å². The van der Waals surface area contributed by atoms with Gasteiger partial charge in [0, 0.05) is 5.56 Å². The van der Waals surface area contributed by atoms with Crippen molar-refractivity contribution in [2.24, 2.45) is 0 Å². The number of nitrogens with zero attached hydrogens (tertiary/aromatic N) is 2. The van der Waals surface area contributed by atoms with E-state index in [1.807, 2.05) is 24.4 Å². The Morgan fingerprint density at radius 1 is 1.61 bits per heavy atom. The molecule has 0 bridgehead atoms. The molecule has 1 saturated heterocycles. The quantitative estimate of drug-likeness (QED) is 0.863. The molecule has 0 aliphatic carbocycles. The Morgan fingerprint density at radius 2 is 2.44 bits per heavy atom. The molecule has 1 atom stereocenters. The van der Waals surface area contributed by atoms with E-state index in [2.05, 4.69) is 10.2 Å². The molecular formula is C12H13N3O2S. The first-order chi connectivity index (χ1) is 8.66. The Labute approximate surface area is 108 Å². The maximum atomic E-state index is 11.7. The van der Waals surface area contributed by atoms with Crippen LogP contribution in [0.2, 0.25) is 0 Å². The highest BCUT2D eigenvalue weighted by Gasteiger charge is 2.32. The third-order valence-electron chi connectivity index (χ3n) is 3.11. The number of β-amino-alcohol motifs (C(OH)–C–C–N with tert-alkyl or cyclic N) is 1. The molecule has 0 spiro atoms. The number of thiophene rings is 1. The van der Waals surface area contributed by atoms with Crippen molar-refractivity contribution >= 4 is 23.1 Å². The average molecular weight is 263 g/mol. The van der Waals surface area contributed by atoms with Gasteiger partial charge in [0.25, 0.3) is 0 Å². The second-order valence-electron chi connectivity index (χ2n) is 4.39. The maximum absolute atomic E-state index is 11.7. The van der Waals surface area contributed by atoms with Gasteiger partial charge in [-0.25, -0.2) is 0 Å². The highest BCUT2D eigenvalue weighted by Crippen LogP contribution is 2.32. The van der Waals surface area contributed by atoms with E-state index in [1.54, 1.807) is 16.2 Å². The number of hydrogen-bond acceptors (Lipinski definition) is 4. The van der Waals surface area contributed by atoms with Crippen LogP contribution < -0.4 is 4.90 Å². The summed E-state index contributed by atoms with van der Waals surface area (Å²) in [6.45, 7) is 2.26. The highest BCUT2D eigenvalue weighted by atomic mass is 32.1. The van der Waals surface area contributed by atoms with Crippen LogP contribution in [0.15, 0.2) is 17.5 Å². The van der Waals surface area contributed by atoms with Gasteiger partial charge < -0.3 is 5.11 Å². The molecule has 0 aromatic carbocycles. The summed E-state index contributed by atoms with van der Waals surface area (Å²) in [6.07, 6.45) is -0.403. The van der Waals surface area contributed by atoms with Crippen LogP contribution in [0.1, 0.15) is 12.0 Å². The molecule has 2 aromatic rings. The first kappa shape index (κ1) is 11.4. The Bertz CT molecular complexity index is 576. The van der Waals surface area contributed by atoms with Crippen molar-refractivity contribution < 1.29 is 9.90 Å². The Hall–Kier alpha value is -1.66. The fraction of sp³-hybridized carbons (Fsp3) is 0.333. The van der Waals surface area contributed by atoms with Gasteiger partial charge >= 0.3 is 0 Å². The van der Waals surface area contributed by atoms with Gasteiger partial charge in [-0.3, -0.25) is 14.8 Å². The van der Waals surface area contributed by atoms with Gasteiger partial charge in [-0.15, -0.1) is 11.3 Å². The van der Waals surface area contributed by atoms with Crippen molar-refractivity contribution in [1.29, 1.82) is 0 Å². The van der Waals surface area contributed by atoms with Crippen molar-refractivity contribution in [3.8, 4) is 10.6 Å². The number of carbonyl (C=O) groups excluding carboxylic acids is 1. The van der Waals surface area contributed by atoms with Gasteiger partial charge in [-0.05, 0) is 18.4 Å². The highest BCUT2D eigenvalue weighted by molar-refractivity contribution is 7.13. The second kappa shape index (κ2) is 4.22. The van der Waals surface area contributed by atoms with Crippen LogP contribution in [0, 0.1) is 6.92 Å². The van der Waals surface area contributed by atoms with E-state index in [0.29, 0.717) is 12.4 Å². The molecule has 18 heavy (non-hydrogen) atoms. The lowest BCUT2D eigenvalue weighted by molar-refractivity contribution is -0.117. The molecule has 6 heteroatoms. The summed E-state index contributed by atoms with van der Waals surface area (Å²) in [5.74, 6) is 0.551.